The Morgan fingerprint density at radius 2 is 1.56 bits per heavy atom. The van der Waals surface area contributed by atoms with Crippen LogP contribution >= 0.6 is 23.4 Å². The van der Waals surface area contributed by atoms with Crippen LogP contribution in [0.25, 0.3) is 0 Å². The highest BCUT2D eigenvalue weighted by Gasteiger charge is 2.48. The first-order valence-electron chi connectivity index (χ1n) is 15.6. The van der Waals surface area contributed by atoms with Crippen LogP contribution in [-0.2, 0) is 14.3 Å². The number of rotatable bonds is 17. The van der Waals surface area contributed by atoms with Gasteiger partial charge in [0.2, 0.25) is 5.91 Å². The van der Waals surface area contributed by atoms with Crippen molar-refractivity contribution >= 4 is 35.2 Å². The molecule has 11 heteroatoms. The minimum absolute atomic E-state index is 0.147. The number of ether oxygens (including phenoxy) is 1. The van der Waals surface area contributed by atoms with Crippen LogP contribution in [-0.4, -0.2) is 104 Å². The lowest BCUT2D eigenvalue weighted by molar-refractivity contribution is -0.205. The summed E-state index contributed by atoms with van der Waals surface area (Å²) in [5, 5.41) is 41.4. The van der Waals surface area contributed by atoms with Crippen LogP contribution in [0.15, 0.2) is 0 Å². The van der Waals surface area contributed by atoms with Crippen molar-refractivity contribution in [1.82, 2.24) is 10.2 Å². The van der Waals surface area contributed by atoms with Crippen molar-refractivity contribution in [3.05, 3.63) is 0 Å². The fourth-order valence-electron chi connectivity index (χ4n) is 5.70. The van der Waals surface area contributed by atoms with Crippen molar-refractivity contribution in [3.8, 4) is 0 Å². The number of carbonyl (C=O) groups excluding carboxylic acids is 1. The van der Waals surface area contributed by atoms with Gasteiger partial charge >= 0.3 is 5.97 Å². The molecular formula is C30H57ClN2O7S. The number of carboxylic acid groups (broad SMARTS) is 1. The molecule has 0 aromatic rings. The Morgan fingerprint density at radius 1 is 0.976 bits per heavy atom. The van der Waals surface area contributed by atoms with Gasteiger partial charge in [0.15, 0.2) is 0 Å². The predicted molar refractivity (Wildman–Crippen MR) is 166 cm³/mol. The molecule has 9 atom stereocenters. The highest BCUT2D eigenvalue weighted by molar-refractivity contribution is 7.99. The van der Waals surface area contributed by atoms with Crippen LogP contribution in [0, 0.1) is 5.92 Å². The van der Waals surface area contributed by atoms with Crippen LogP contribution in [0.5, 0.6) is 0 Å². The van der Waals surface area contributed by atoms with E-state index in [9.17, 15) is 24.9 Å². The molecule has 5 N–H and O–H groups in total. The topological polar surface area (TPSA) is 140 Å². The Morgan fingerprint density at radius 3 is 2.07 bits per heavy atom. The molecule has 0 radical (unpaired) electrons. The van der Waals surface area contributed by atoms with Gasteiger partial charge in [-0.2, -0.15) is 0 Å². The van der Waals surface area contributed by atoms with E-state index in [1.54, 1.807) is 13.2 Å². The van der Waals surface area contributed by atoms with Crippen LogP contribution in [0.1, 0.15) is 104 Å². The second-order valence-electron chi connectivity index (χ2n) is 11.7. The number of nitrogens with one attached hydrogen (secondary N) is 1. The predicted octanol–water partition coefficient (Wildman–Crippen LogP) is 4.38. The summed E-state index contributed by atoms with van der Waals surface area (Å²) in [5.74, 6) is -0.310. The Labute approximate surface area is 257 Å². The molecule has 2 saturated heterocycles. The standard InChI is InChI=1S/C18H33ClN2O5S.C12H24O2/c1-5-6-10-7-11(21(3)8-10)17(25)20-12(9(2)19)16-14(23)13(22)15(24)18(26-16)27-4;1-2-3-4-5-6-7-8-9-10-11-12(13)14/h9-16,18,22-24H,5-8H2,1-4H3,(H,20,25);2-11H2,1H3,(H,13,14)/t9-,10+,11-,12+,13-,14+,15+,16+,18+;/m0./s1. The average molecular weight is 625 g/mol. The van der Waals surface area contributed by atoms with E-state index in [0.717, 1.165) is 38.6 Å². The van der Waals surface area contributed by atoms with Crippen LogP contribution < -0.4 is 5.32 Å². The number of aliphatic hydroxyl groups excluding tert-OH is 3. The molecule has 0 spiro atoms. The van der Waals surface area contributed by atoms with Gasteiger partial charge in [0.05, 0.1) is 17.5 Å². The van der Waals surface area contributed by atoms with Gasteiger partial charge in [-0.1, -0.05) is 71.6 Å². The maximum atomic E-state index is 12.9. The van der Waals surface area contributed by atoms with E-state index >= 15 is 0 Å². The van der Waals surface area contributed by atoms with E-state index in [0.29, 0.717) is 12.3 Å². The lowest BCUT2D eigenvalue weighted by Crippen LogP contribution is -2.65. The zero-order valence-electron chi connectivity index (χ0n) is 25.8. The molecule has 2 aliphatic rings. The monoisotopic (exact) mass is 624 g/mol. The molecule has 2 fully saturated rings. The van der Waals surface area contributed by atoms with Crippen LogP contribution in [0.3, 0.4) is 0 Å². The first-order valence-corrected chi connectivity index (χ1v) is 17.3. The molecule has 2 rings (SSSR count). The number of nitrogens with zero attached hydrogens (tertiary/aromatic N) is 1. The van der Waals surface area contributed by atoms with Gasteiger partial charge in [-0.15, -0.1) is 23.4 Å². The van der Waals surface area contributed by atoms with E-state index < -0.39 is 47.2 Å². The van der Waals surface area contributed by atoms with Gasteiger partial charge in [0, 0.05) is 13.0 Å². The van der Waals surface area contributed by atoms with Gasteiger partial charge < -0.3 is 30.5 Å². The summed E-state index contributed by atoms with van der Waals surface area (Å²) in [6, 6.07) is -0.934. The van der Waals surface area contributed by atoms with Gasteiger partial charge in [-0.25, -0.2) is 0 Å². The molecule has 41 heavy (non-hydrogen) atoms. The number of hydrogen-bond acceptors (Lipinski definition) is 8. The maximum Gasteiger partial charge on any atom is 0.303 e. The summed E-state index contributed by atoms with van der Waals surface area (Å²) in [4.78, 5) is 25.2. The van der Waals surface area contributed by atoms with E-state index in [1.165, 1.54) is 56.7 Å². The molecule has 0 aromatic heterocycles. The molecule has 242 valence electrons. The van der Waals surface area contributed by atoms with Gasteiger partial charge in [0.1, 0.15) is 29.9 Å². The van der Waals surface area contributed by atoms with E-state index in [-0.39, 0.29) is 11.9 Å². The highest BCUT2D eigenvalue weighted by Crippen LogP contribution is 2.31. The third kappa shape index (κ3) is 13.7. The number of halogens is 1. The molecule has 0 aromatic carbocycles. The summed E-state index contributed by atoms with van der Waals surface area (Å²) >= 11 is 7.55. The molecule has 0 unspecified atom stereocenters. The van der Waals surface area contributed by atoms with E-state index in [4.69, 9.17) is 21.4 Å². The number of thioether (sulfide) groups is 1. The molecule has 9 nitrogen and oxygen atoms in total. The normalized spacial score (nSPS) is 29.8. The summed E-state index contributed by atoms with van der Waals surface area (Å²) in [6.45, 7) is 6.97. The minimum atomic E-state index is -1.36. The average Bonchev–Trinajstić information content (AvgIpc) is 3.30. The van der Waals surface area contributed by atoms with Crippen molar-refractivity contribution < 1.29 is 34.8 Å². The SMILES string of the molecule is CCCCCCCCCCCC(=O)O.CCC[C@@H]1C[C@@H](C(=O)N[C@@H]([C@H]2O[C@H](SC)[C@H](O)[C@@H](O)[C@H]2O)[C@H](C)Cl)N(C)C1. The Balaban J connectivity index is 0.000000509. The van der Waals surface area contributed by atoms with E-state index in [2.05, 4.69) is 19.2 Å². The number of unbranched alkanes of at least 4 members (excludes halogenated alkanes) is 8. The Bertz CT molecular complexity index is 733. The zero-order valence-corrected chi connectivity index (χ0v) is 27.4. The lowest BCUT2D eigenvalue weighted by Gasteiger charge is -2.44. The van der Waals surface area contributed by atoms with Crippen molar-refractivity contribution in [2.45, 2.75) is 152 Å². The largest absolute Gasteiger partial charge is 0.481 e. The number of amides is 1. The van der Waals surface area contributed by atoms with E-state index in [1.807, 2.05) is 11.9 Å². The number of likely N-dealkylation sites (tertiary alicyclic amines) is 1. The number of alkyl halides is 1. The lowest BCUT2D eigenvalue weighted by atomic mass is 9.92. The minimum Gasteiger partial charge on any atom is -0.481 e. The fourth-order valence-corrected chi connectivity index (χ4v) is 6.59. The first-order chi connectivity index (χ1) is 19.5. The quantitative estimate of drug-likeness (QED) is 0.118. The molecule has 2 heterocycles. The second-order valence-corrected chi connectivity index (χ2v) is 13.3. The summed E-state index contributed by atoms with van der Waals surface area (Å²) in [7, 11) is 1.94. The van der Waals surface area contributed by atoms with Crippen molar-refractivity contribution in [2.75, 3.05) is 19.8 Å². The highest BCUT2D eigenvalue weighted by atomic mass is 35.5. The van der Waals surface area contributed by atoms with Gasteiger partial charge in [-0.3, -0.25) is 14.5 Å². The number of carbonyl (C=O) groups is 2. The summed E-state index contributed by atoms with van der Waals surface area (Å²) in [6.07, 6.45) is 11.4. The molecule has 0 saturated carbocycles. The number of aliphatic hydroxyl groups is 3. The molecule has 1 amide bonds. The zero-order chi connectivity index (χ0) is 30.9. The number of likely N-dealkylation sites (N-methyl/N-ethyl adjacent to an activating group) is 1. The third-order valence-electron chi connectivity index (χ3n) is 8.13. The second kappa shape index (κ2) is 21.1. The molecular weight excluding hydrogens is 568 g/mol. The van der Waals surface area contributed by atoms with Crippen LogP contribution in [0.2, 0.25) is 0 Å². The molecule has 0 bridgehead atoms. The van der Waals surface area contributed by atoms with Crippen molar-refractivity contribution in [3.63, 3.8) is 0 Å². The molecule has 2 aliphatic heterocycles. The Kier molecular flexibility index (Phi) is 19.8. The smallest absolute Gasteiger partial charge is 0.303 e. The Hall–Kier alpha value is -0.620. The fraction of sp³-hybridized carbons (Fsp3) is 0.933. The number of hydrogen-bond donors (Lipinski definition) is 5. The molecule has 0 aliphatic carbocycles. The summed E-state index contributed by atoms with van der Waals surface area (Å²) in [5.41, 5.74) is -0.702. The van der Waals surface area contributed by atoms with Crippen LogP contribution in [0.4, 0.5) is 0 Å². The third-order valence-corrected chi connectivity index (χ3v) is 9.25. The maximum absolute atomic E-state index is 12.9. The van der Waals surface area contributed by atoms with Gasteiger partial charge in [-0.05, 0) is 45.4 Å². The summed E-state index contributed by atoms with van der Waals surface area (Å²) < 4.78 is 5.79. The van der Waals surface area contributed by atoms with Crippen molar-refractivity contribution in [1.29, 1.82) is 0 Å². The van der Waals surface area contributed by atoms with Crippen molar-refractivity contribution in [2.24, 2.45) is 5.92 Å². The number of carboxylic acids is 1. The number of aliphatic carboxylic acids is 1. The first kappa shape index (κ1) is 38.4. The van der Waals surface area contributed by atoms with Gasteiger partial charge in [0.25, 0.3) is 0 Å².